The van der Waals surface area contributed by atoms with Crippen molar-refractivity contribution >= 4 is 0 Å². The molecule has 1 saturated heterocycles. The van der Waals surface area contributed by atoms with Gasteiger partial charge in [-0.25, -0.2) is 0 Å². The number of nitrogens with one attached hydrogen (secondary N) is 1. The maximum absolute atomic E-state index is 3.72. The van der Waals surface area contributed by atoms with Gasteiger partial charge in [0.2, 0.25) is 0 Å². The lowest BCUT2D eigenvalue weighted by Crippen LogP contribution is -2.55. The topological polar surface area (TPSA) is 18.5 Å². The Bertz CT molecular complexity index is 246. The average molecular weight is 267 g/mol. The smallest absolute Gasteiger partial charge is 0.0249 e. The number of piperidine rings is 1. The van der Waals surface area contributed by atoms with Crippen LogP contribution in [-0.4, -0.2) is 61.2 Å². The van der Waals surface area contributed by atoms with Gasteiger partial charge in [-0.15, -0.1) is 0 Å². The van der Waals surface area contributed by atoms with Crippen LogP contribution < -0.4 is 5.32 Å². The number of likely N-dealkylation sites (tertiary alicyclic amines) is 1. The molecule has 0 spiro atoms. The number of rotatable bonds is 5. The molecule has 1 heterocycles. The van der Waals surface area contributed by atoms with E-state index >= 15 is 0 Å². The molecule has 0 aromatic heterocycles. The molecule has 0 amide bonds. The van der Waals surface area contributed by atoms with Crippen LogP contribution in [0.2, 0.25) is 0 Å². The molecule has 2 atom stereocenters. The van der Waals surface area contributed by atoms with Gasteiger partial charge >= 0.3 is 0 Å². The first-order valence-corrected chi connectivity index (χ1v) is 8.44. The van der Waals surface area contributed by atoms with Crippen LogP contribution in [0.1, 0.15) is 52.4 Å². The van der Waals surface area contributed by atoms with Gasteiger partial charge in [0.05, 0.1) is 0 Å². The molecule has 2 fully saturated rings. The Morgan fingerprint density at radius 2 is 1.74 bits per heavy atom. The van der Waals surface area contributed by atoms with E-state index in [1.165, 1.54) is 58.2 Å². The lowest BCUT2D eigenvalue weighted by atomic mass is 9.87. The van der Waals surface area contributed by atoms with Crippen LogP contribution in [0.25, 0.3) is 0 Å². The van der Waals surface area contributed by atoms with Gasteiger partial charge in [-0.1, -0.05) is 26.7 Å². The molecule has 3 heteroatoms. The molecule has 0 aromatic carbocycles. The van der Waals surface area contributed by atoms with Gasteiger partial charge in [-0.3, -0.25) is 4.90 Å². The van der Waals surface area contributed by atoms with E-state index in [1.54, 1.807) is 0 Å². The first-order valence-electron chi connectivity index (χ1n) is 8.44. The number of hydrogen-bond acceptors (Lipinski definition) is 3. The maximum atomic E-state index is 3.72. The zero-order valence-electron chi connectivity index (χ0n) is 13.2. The van der Waals surface area contributed by atoms with Gasteiger partial charge in [0.25, 0.3) is 0 Å². The molecule has 0 aromatic rings. The van der Waals surface area contributed by atoms with Gasteiger partial charge in [-0.05, 0) is 58.9 Å². The van der Waals surface area contributed by atoms with Crippen LogP contribution in [0.5, 0.6) is 0 Å². The molecule has 3 nitrogen and oxygen atoms in total. The molecule has 1 saturated carbocycles. The van der Waals surface area contributed by atoms with Crippen molar-refractivity contribution in [2.24, 2.45) is 0 Å². The van der Waals surface area contributed by atoms with Crippen LogP contribution in [-0.2, 0) is 0 Å². The molecule has 1 aliphatic carbocycles. The zero-order valence-corrected chi connectivity index (χ0v) is 13.2. The van der Waals surface area contributed by atoms with E-state index in [1.807, 2.05) is 0 Å². The monoisotopic (exact) mass is 267 g/mol. The molecule has 2 rings (SSSR count). The Kier molecular flexibility index (Phi) is 6.11. The molecule has 0 radical (unpaired) electrons. The van der Waals surface area contributed by atoms with Crippen molar-refractivity contribution < 1.29 is 0 Å². The highest BCUT2D eigenvalue weighted by molar-refractivity contribution is 4.91. The van der Waals surface area contributed by atoms with Gasteiger partial charge in [0, 0.05) is 18.1 Å². The second-order valence-corrected chi connectivity index (χ2v) is 6.35. The summed E-state index contributed by atoms with van der Waals surface area (Å²) in [6, 6.07) is 2.31. The Labute approximate surface area is 119 Å². The Hall–Kier alpha value is -0.120. The normalized spacial score (nSPS) is 30.9. The summed E-state index contributed by atoms with van der Waals surface area (Å²) in [7, 11) is 2.38. The van der Waals surface area contributed by atoms with Crippen molar-refractivity contribution in [3.63, 3.8) is 0 Å². The first kappa shape index (κ1) is 15.3. The third-order valence-electron chi connectivity index (χ3n) is 5.30. The molecule has 2 aliphatic rings. The second kappa shape index (κ2) is 7.61. The number of likely N-dealkylation sites (N-methyl/N-ethyl adjacent to an activating group) is 2. The van der Waals surface area contributed by atoms with Crippen molar-refractivity contribution in [2.45, 2.75) is 70.5 Å². The minimum atomic E-state index is 0.730. The Balaban J connectivity index is 1.88. The minimum Gasteiger partial charge on any atom is -0.313 e. The van der Waals surface area contributed by atoms with Gasteiger partial charge in [-0.2, -0.15) is 0 Å². The fourth-order valence-corrected chi connectivity index (χ4v) is 4.01. The molecular weight excluding hydrogens is 234 g/mol. The van der Waals surface area contributed by atoms with Crippen LogP contribution in [0, 0.1) is 0 Å². The second-order valence-electron chi connectivity index (χ2n) is 6.35. The lowest BCUT2D eigenvalue weighted by molar-refractivity contribution is 0.0649. The van der Waals surface area contributed by atoms with Crippen molar-refractivity contribution in [3.8, 4) is 0 Å². The largest absolute Gasteiger partial charge is 0.313 e. The first-order chi connectivity index (χ1) is 9.26. The maximum Gasteiger partial charge on any atom is 0.0249 e. The molecule has 1 aliphatic heterocycles. The van der Waals surface area contributed by atoms with Crippen LogP contribution in [0.15, 0.2) is 0 Å². The van der Waals surface area contributed by atoms with E-state index in [2.05, 4.69) is 36.0 Å². The van der Waals surface area contributed by atoms with Crippen LogP contribution in [0.4, 0.5) is 0 Å². The van der Waals surface area contributed by atoms with Crippen molar-refractivity contribution in [1.29, 1.82) is 0 Å². The van der Waals surface area contributed by atoms with E-state index in [0.717, 1.165) is 24.7 Å². The Morgan fingerprint density at radius 3 is 2.37 bits per heavy atom. The fourth-order valence-electron chi connectivity index (χ4n) is 4.01. The van der Waals surface area contributed by atoms with Crippen LogP contribution >= 0.6 is 0 Å². The van der Waals surface area contributed by atoms with Crippen molar-refractivity contribution in [2.75, 3.05) is 33.2 Å². The molecule has 112 valence electrons. The highest BCUT2D eigenvalue weighted by atomic mass is 15.2. The lowest BCUT2D eigenvalue weighted by Gasteiger charge is -2.44. The van der Waals surface area contributed by atoms with Gasteiger partial charge in [0.1, 0.15) is 0 Å². The van der Waals surface area contributed by atoms with E-state index < -0.39 is 0 Å². The molecule has 19 heavy (non-hydrogen) atoms. The molecule has 2 unspecified atom stereocenters. The summed E-state index contributed by atoms with van der Waals surface area (Å²) < 4.78 is 0. The highest BCUT2D eigenvalue weighted by Crippen LogP contribution is 2.26. The zero-order chi connectivity index (χ0) is 13.7. The molecule has 0 bridgehead atoms. The number of hydrogen-bond donors (Lipinski definition) is 1. The highest BCUT2D eigenvalue weighted by Gasteiger charge is 2.32. The molecule has 1 N–H and O–H groups in total. The summed E-state index contributed by atoms with van der Waals surface area (Å²) in [5.41, 5.74) is 0. The third kappa shape index (κ3) is 3.93. The average Bonchev–Trinajstić information content (AvgIpc) is 2.47. The molecular formula is C16H33N3. The summed E-state index contributed by atoms with van der Waals surface area (Å²) in [6.45, 7) is 9.45. The summed E-state index contributed by atoms with van der Waals surface area (Å²) in [6.07, 6.45) is 8.32. The van der Waals surface area contributed by atoms with Crippen molar-refractivity contribution in [1.82, 2.24) is 15.1 Å². The van der Waals surface area contributed by atoms with E-state index in [-0.39, 0.29) is 0 Å². The standard InChI is InChI=1S/C16H33N3/c1-4-17-15-8-6-7-9-16(15)18(3)14-10-12-19(5-2)13-11-14/h14-17H,4-13H2,1-3H3. The predicted octanol–water partition coefficient (Wildman–Crippen LogP) is 2.32. The predicted molar refractivity (Wildman–Crippen MR) is 82.6 cm³/mol. The fraction of sp³-hybridized carbons (Fsp3) is 1.00. The summed E-state index contributed by atoms with van der Waals surface area (Å²) in [5, 5.41) is 3.72. The van der Waals surface area contributed by atoms with E-state index in [9.17, 15) is 0 Å². The third-order valence-corrected chi connectivity index (χ3v) is 5.30. The van der Waals surface area contributed by atoms with Gasteiger partial charge < -0.3 is 10.2 Å². The van der Waals surface area contributed by atoms with Gasteiger partial charge in [0.15, 0.2) is 0 Å². The Morgan fingerprint density at radius 1 is 1.05 bits per heavy atom. The summed E-state index contributed by atoms with van der Waals surface area (Å²) in [5.74, 6) is 0. The van der Waals surface area contributed by atoms with E-state index in [0.29, 0.717) is 0 Å². The van der Waals surface area contributed by atoms with E-state index in [4.69, 9.17) is 0 Å². The minimum absolute atomic E-state index is 0.730. The quantitative estimate of drug-likeness (QED) is 0.825. The SMILES string of the molecule is CCNC1CCCCC1N(C)C1CCN(CC)CC1. The van der Waals surface area contributed by atoms with Crippen LogP contribution in [0.3, 0.4) is 0 Å². The van der Waals surface area contributed by atoms with Crippen molar-refractivity contribution in [3.05, 3.63) is 0 Å². The summed E-state index contributed by atoms with van der Waals surface area (Å²) >= 11 is 0. The summed E-state index contributed by atoms with van der Waals surface area (Å²) in [4.78, 5) is 5.31. The number of nitrogens with zero attached hydrogens (tertiary/aromatic N) is 2.